The summed E-state index contributed by atoms with van der Waals surface area (Å²) in [6.07, 6.45) is 4.45. The van der Waals surface area contributed by atoms with Gasteiger partial charge in [-0.1, -0.05) is 12.8 Å². The van der Waals surface area contributed by atoms with Crippen LogP contribution in [0, 0.1) is 0 Å². The van der Waals surface area contributed by atoms with Crippen molar-refractivity contribution < 1.29 is 20.1 Å². The first-order chi connectivity index (χ1) is 6.16. The summed E-state index contributed by atoms with van der Waals surface area (Å²) >= 11 is 0. The van der Waals surface area contributed by atoms with Crippen LogP contribution in [0.4, 0.5) is 0 Å². The average molecular weight is 188 g/mol. The molecule has 0 aliphatic heterocycles. The number of unbranched alkanes of at least 4 members (excludes halogenated alkanes) is 2. The molecule has 0 unspecified atom stereocenters. The highest BCUT2D eigenvalue weighted by atomic mass is 16.4. The van der Waals surface area contributed by atoms with Crippen molar-refractivity contribution in [3.8, 4) is 0 Å². The highest BCUT2D eigenvalue weighted by Crippen LogP contribution is 2.04. The molecule has 76 valence electrons. The van der Waals surface area contributed by atoms with Gasteiger partial charge in [0, 0.05) is 12.7 Å². The zero-order valence-corrected chi connectivity index (χ0v) is 7.52. The van der Waals surface area contributed by atoms with Crippen LogP contribution >= 0.6 is 0 Å². The van der Waals surface area contributed by atoms with Gasteiger partial charge in [0.2, 0.25) is 0 Å². The van der Waals surface area contributed by atoms with E-state index in [-0.39, 0.29) is 6.61 Å². The van der Waals surface area contributed by atoms with Gasteiger partial charge in [0.1, 0.15) is 0 Å². The van der Waals surface area contributed by atoms with E-state index in [2.05, 4.69) is 0 Å². The fraction of sp³-hybridized carbons (Fsp3) is 0.667. The molecule has 0 spiro atoms. The molecule has 0 saturated carbocycles. The lowest BCUT2D eigenvalue weighted by Gasteiger charge is -2.03. The minimum atomic E-state index is -1.05. The lowest BCUT2D eigenvalue weighted by Crippen LogP contribution is -2.03. The third-order valence-electron chi connectivity index (χ3n) is 1.62. The highest BCUT2D eigenvalue weighted by molar-refractivity contribution is 5.79. The molecule has 4 nitrogen and oxygen atoms in total. The molecule has 0 aromatic rings. The lowest BCUT2D eigenvalue weighted by atomic mass is 10.1. The second kappa shape index (κ2) is 7.76. The molecule has 0 aromatic heterocycles. The zero-order chi connectivity index (χ0) is 10.1. The highest BCUT2D eigenvalue weighted by Gasteiger charge is 1.99. The maximum absolute atomic E-state index is 10.0. The van der Waals surface area contributed by atoms with E-state index in [1.54, 1.807) is 0 Å². The molecule has 0 aliphatic rings. The molecule has 0 aromatic carbocycles. The van der Waals surface area contributed by atoms with Crippen molar-refractivity contribution in [2.45, 2.75) is 31.8 Å². The Hall–Kier alpha value is -0.870. The molecule has 0 amide bonds. The number of aliphatic hydroxyl groups excluding tert-OH is 2. The van der Waals surface area contributed by atoms with Crippen LogP contribution in [0.3, 0.4) is 0 Å². The molecule has 13 heavy (non-hydrogen) atoms. The van der Waals surface area contributed by atoms with Crippen molar-refractivity contribution in [3.05, 3.63) is 12.2 Å². The Labute approximate surface area is 77.5 Å². The molecule has 3 N–H and O–H groups in total. The summed E-state index contributed by atoms with van der Waals surface area (Å²) in [6.45, 7) is 0.168. The van der Waals surface area contributed by atoms with E-state index in [0.717, 1.165) is 25.3 Å². The van der Waals surface area contributed by atoms with E-state index >= 15 is 0 Å². The quantitative estimate of drug-likeness (QED) is 0.402. The van der Waals surface area contributed by atoms with Gasteiger partial charge < -0.3 is 15.3 Å². The minimum Gasteiger partial charge on any atom is -0.478 e. The third kappa shape index (κ3) is 9.04. The van der Waals surface area contributed by atoms with Crippen molar-refractivity contribution in [2.75, 3.05) is 6.61 Å². The van der Waals surface area contributed by atoms with Gasteiger partial charge in [0.05, 0.1) is 6.10 Å². The van der Waals surface area contributed by atoms with Crippen LogP contribution in [0.2, 0.25) is 0 Å². The number of hydrogen-bond donors (Lipinski definition) is 3. The van der Waals surface area contributed by atoms with E-state index in [1.165, 1.54) is 6.08 Å². The van der Waals surface area contributed by atoms with E-state index in [9.17, 15) is 9.90 Å². The first-order valence-electron chi connectivity index (χ1n) is 4.37. The van der Waals surface area contributed by atoms with Crippen LogP contribution in [0.1, 0.15) is 25.7 Å². The van der Waals surface area contributed by atoms with Gasteiger partial charge in [-0.25, -0.2) is 4.79 Å². The molecule has 0 aliphatic carbocycles. The van der Waals surface area contributed by atoms with Gasteiger partial charge in [-0.3, -0.25) is 0 Å². The predicted molar refractivity (Wildman–Crippen MR) is 48.3 cm³/mol. The normalized spacial score (nSPS) is 13.4. The standard InChI is InChI=1S/C9H16O4/c10-7-3-1-2-4-8(11)5-6-9(12)13/h5-6,8,10-11H,1-4,7H2,(H,12,13)/t8-/m1/s1. The first kappa shape index (κ1) is 12.1. The van der Waals surface area contributed by atoms with E-state index in [4.69, 9.17) is 10.2 Å². The summed E-state index contributed by atoms with van der Waals surface area (Å²) in [6, 6.07) is 0. The number of carboxylic acids is 1. The van der Waals surface area contributed by atoms with E-state index in [1.807, 2.05) is 0 Å². The second-order valence-electron chi connectivity index (χ2n) is 2.84. The Bertz CT molecular complexity index is 165. The van der Waals surface area contributed by atoms with E-state index in [0.29, 0.717) is 6.42 Å². The second-order valence-corrected chi connectivity index (χ2v) is 2.84. The summed E-state index contributed by atoms with van der Waals surface area (Å²) in [5, 5.41) is 25.9. The van der Waals surface area contributed by atoms with Gasteiger partial charge >= 0.3 is 5.97 Å². The summed E-state index contributed by atoms with van der Waals surface area (Å²) < 4.78 is 0. The van der Waals surface area contributed by atoms with Crippen LogP contribution in [0.25, 0.3) is 0 Å². The summed E-state index contributed by atoms with van der Waals surface area (Å²) in [5.74, 6) is -1.05. The Morgan fingerprint density at radius 1 is 1.31 bits per heavy atom. The number of aliphatic carboxylic acids is 1. The number of aliphatic hydroxyl groups is 2. The van der Waals surface area contributed by atoms with Gasteiger partial charge in [-0.2, -0.15) is 0 Å². The van der Waals surface area contributed by atoms with Gasteiger partial charge in [0.15, 0.2) is 0 Å². The maximum Gasteiger partial charge on any atom is 0.328 e. The van der Waals surface area contributed by atoms with Crippen molar-refractivity contribution in [1.82, 2.24) is 0 Å². The van der Waals surface area contributed by atoms with Gasteiger partial charge in [0.25, 0.3) is 0 Å². The van der Waals surface area contributed by atoms with Crippen molar-refractivity contribution >= 4 is 5.97 Å². The monoisotopic (exact) mass is 188 g/mol. The van der Waals surface area contributed by atoms with Crippen LogP contribution in [0.15, 0.2) is 12.2 Å². The van der Waals surface area contributed by atoms with Crippen LogP contribution in [-0.4, -0.2) is 34.0 Å². The molecular weight excluding hydrogens is 172 g/mol. The van der Waals surface area contributed by atoms with Crippen LogP contribution in [-0.2, 0) is 4.79 Å². The maximum atomic E-state index is 10.0. The van der Waals surface area contributed by atoms with Crippen molar-refractivity contribution in [1.29, 1.82) is 0 Å². The molecule has 0 saturated heterocycles. The predicted octanol–water partition coefficient (Wildman–Crippen LogP) is 0.541. The SMILES string of the molecule is O=C(O)C=C[C@H](O)CCCCCO. The largest absolute Gasteiger partial charge is 0.478 e. The first-order valence-corrected chi connectivity index (χ1v) is 4.37. The summed E-state index contributed by atoms with van der Waals surface area (Å²) in [7, 11) is 0. The molecule has 1 atom stereocenters. The van der Waals surface area contributed by atoms with Crippen LogP contribution in [0.5, 0.6) is 0 Å². The Balaban J connectivity index is 3.40. The molecule has 0 bridgehead atoms. The topological polar surface area (TPSA) is 77.8 Å². The number of carbonyl (C=O) groups is 1. The average Bonchev–Trinajstić information content (AvgIpc) is 2.09. The van der Waals surface area contributed by atoms with Crippen molar-refractivity contribution in [2.24, 2.45) is 0 Å². The number of carboxylic acid groups (broad SMARTS) is 1. The molecule has 0 heterocycles. The Morgan fingerprint density at radius 2 is 2.00 bits per heavy atom. The fourth-order valence-electron chi connectivity index (χ4n) is 0.932. The summed E-state index contributed by atoms with van der Waals surface area (Å²) in [4.78, 5) is 10.0. The van der Waals surface area contributed by atoms with Gasteiger partial charge in [-0.15, -0.1) is 0 Å². The lowest BCUT2D eigenvalue weighted by molar-refractivity contribution is -0.131. The minimum absolute atomic E-state index is 0.168. The molecular formula is C9H16O4. The van der Waals surface area contributed by atoms with E-state index < -0.39 is 12.1 Å². The fourth-order valence-corrected chi connectivity index (χ4v) is 0.932. The number of hydrogen-bond acceptors (Lipinski definition) is 3. The smallest absolute Gasteiger partial charge is 0.328 e. The van der Waals surface area contributed by atoms with Gasteiger partial charge in [-0.05, 0) is 18.9 Å². The molecule has 0 rings (SSSR count). The van der Waals surface area contributed by atoms with Crippen molar-refractivity contribution in [3.63, 3.8) is 0 Å². The Morgan fingerprint density at radius 3 is 2.54 bits per heavy atom. The van der Waals surface area contributed by atoms with Crippen LogP contribution < -0.4 is 0 Å². The molecule has 4 heteroatoms. The Kier molecular flexibility index (Phi) is 7.24. The molecule has 0 fully saturated rings. The summed E-state index contributed by atoms with van der Waals surface area (Å²) in [5.41, 5.74) is 0. The zero-order valence-electron chi connectivity index (χ0n) is 7.52. The number of rotatable bonds is 7. The molecule has 0 radical (unpaired) electrons. The third-order valence-corrected chi connectivity index (χ3v) is 1.62.